The van der Waals surface area contributed by atoms with Crippen molar-refractivity contribution in [2.45, 2.75) is 32.7 Å². The summed E-state index contributed by atoms with van der Waals surface area (Å²) in [6.45, 7) is 4.85. The molecule has 1 saturated heterocycles. The van der Waals surface area contributed by atoms with Gasteiger partial charge in [0.15, 0.2) is 5.78 Å². The quantitative estimate of drug-likeness (QED) is 0.292. The van der Waals surface area contributed by atoms with Gasteiger partial charge in [-0.3, -0.25) is 10.2 Å². The van der Waals surface area contributed by atoms with Crippen LogP contribution in [0.25, 0.3) is 17.0 Å². The normalized spacial score (nSPS) is 17.5. The molecule has 5 nitrogen and oxygen atoms in total. The van der Waals surface area contributed by atoms with Gasteiger partial charge >= 0.3 is 0 Å². The van der Waals surface area contributed by atoms with E-state index in [1.54, 1.807) is 0 Å². The maximum Gasteiger partial charge on any atom is 0.186 e. The van der Waals surface area contributed by atoms with E-state index in [2.05, 4.69) is 74.0 Å². The number of nitrogens with zero attached hydrogens (tertiary/aromatic N) is 3. The highest BCUT2D eigenvalue weighted by atomic mass is 79.9. The molecular weight excluding hydrogens is 516 g/mol. The fourth-order valence-electron chi connectivity index (χ4n) is 4.09. The first kappa shape index (κ1) is 22.3. The van der Waals surface area contributed by atoms with Crippen LogP contribution in [-0.4, -0.2) is 25.6 Å². The lowest BCUT2D eigenvalue weighted by atomic mass is 10.0. The number of thioether (sulfide) groups is 1. The number of hydrogen-bond donors (Lipinski definition) is 1. The monoisotopic (exact) mass is 536 g/mol. The number of hydrogen-bond acceptors (Lipinski definition) is 6. The van der Waals surface area contributed by atoms with Crippen molar-refractivity contribution >= 4 is 66.8 Å². The van der Waals surface area contributed by atoms with Crippen molar-refractivity contribution in [3.8, 4) is 0 Å². The summed E-state index contributed by atoms with van der Waals surface area (Å²) in [7, 11) is 0. The van der Waals surface area contributed by atoms with E-state index in [9.17, 15) is 4.79 Å². The number of Topliss-reactive ketones (excluding diaryl/α,β-unsaturated/α-hetero) is 1. The van der Waals surface area contributed by atoms with Crippen LogP contribution in [0.2, 0.25) is 0 Å². The zero-order chi connectivity index (χ0) is 23.1. The van der Waals surface area contributed by atoms with Gasteiger partial charge in [0.25, 0.3) is 0 Å². The van der Waals surface area contributed by atoms with E-state index in [4.69, 9.17) is 5.41 Å². The summed E-state index contributed by atoms with van der Waals surface area (Å²) in [6, 6.07) is 16.6. The summed E-state index contributed by atoms with van der Waals surface area (Å²) in [5, 5.41) is 19.7. The number of para-hydroxylation sites is 1. The molecule has 0 unspecified atom stereocenters. The number of nitrogens with one attached hydrogen (secondary N) is 1. The van der Waals surface area contributed by atoms with Crippen molar-refractivity contribution in [2.75, 3.05) is 0 Å². The van der Waals surface area contributed by atoms with E-state index in [1.165, 1.54) is 28.7 Å². The Bertz CT molecular complexity index is 1420. The van der Waals surface area contributed by atoms with Crippen molar-refractivity contribution in [3.63, 3.8) is 0 Å². The smallest absolute Gasteiger partial charge is 0.186 e. The standard InChI is InChI=1S/C25H21BrN4OS2/c1-3-21-28-29-25(33-21)22-23(31)20(32-24(22)27)12-18-14(2)30(19-7-5-4-6-17(18)19)13-15-8-10-16(26)11-9-15/h4-12,22,27H,3,13H2,1-2H3/b20-12-,27-24?/t22-/m1/s1. The van der Waals surface area contributed by atoms with Crippen molar-refractivity contribution in [1.82, 2.24) is 14.8 Å². The second-order valence-corrected chi connectivity index (χ2v) is 11.0. The minimum atomic E-state index is -0.629. The van der Waals surface area contributed by atoms with Crippen LogP contribution in [0, 0.1) is 12.3 Å². The summed E-state index contributed by atoms with van der Waals surface area (Å²) >= 11 is 6.17. The summed E-state index contributed by atoms with van der Waals surface area (Å²) in [4.78, 5) is 13.9. The molecule has 0 radical (unpaired) electrons. The number of carbonyl (C=O) groups excluding carboxylic acids is 1. The van der Waals surface area contributed by atoms with Gasteiger partial charge in [-0.2, -0.15) is 0 Å². The first-order valence-electron chi connectivity index (χ1n) is 10.6. The third-order valence-corrected chi connectivity index (χ3v) is 8.48. The maximum absolute atomic E-state index is 13.3. The van der Waals surface area contributed by atoms with E-state index in [0.717, 1.165) is 44.6 Å². The van der Waals surface area contributed by atoms with Crippen molar-refractivity contribution in [1.29, 1.82) is 5.41 Å². The van der Waals surface area contributed by atoms with Crippen LogP contribution in [0.5, 0.6) is 0 Å². The lowest BCUT2D eigenvalue weighted by Crippen LogP contribution is -2.11. The highest BCUT2D eigenvalue weighted by Crippen LogP contribution is 2.42. The van der Waals surface area contributed by atoms with Gasteiger partial charge in [0, 0.05) is 33.2 Å². The van der Waals surface area contributed by atoms with Gasteiger partial charge < -0.3 is 4.57 Å². The Balaban J connectivity index is 1.55. The number of fused-ring (bicyclic) bond motifs is 1. The molecule has 8 heteroatoms. The molecule has 0 saturated carbocycles. The third-order valence-electron chi connectivity index (χ3n) is 5.83. The van der Waals surface area contributed by atoms with E-state index >= 15 is 0 Å². The fraction of sp³-hybridized carbons (Fsp3) is 0.200. The molecule has 2 aromatic heterocycles. The Labute approximate surface area is 208 Å². The van der Waals surface area contributed by atoms with Crippen LogP contribution in [0.15, 0.2) is 57.9 Å². The van der Waals surface area contributed by atoms with Gasteiger partial charge in [-0.25, -0.2) is 0 Å². The number of carbonyl (C=O) groups is 1. The second kappa shape index (κ2) is 9.00. The molecule has 0 spiro atoms. The first-order chi connectivity index (χ1) is 16.0. The van der Waals surface area contributed by atoms with Gasteiger partial charge in [0.2, 0.25) is 0 Å². The number of aromatic nitrogens is 3. The topological polar surface area (TPSA) is 71.6 Å². The Morgan fingerprint density at radius 3 is 2.64 bits per heavy atom. The molecule has 0 aliphatic carbocycles. The van der Waals surface area contributed by atoms with E-state index < -0.39 is 5.92 Å². The fourth-order valence-corrected chi connectivity index (χ4v) is 6.29. The third kappa shape index (κ3) is 4.11. The predicted molar refractivity (Wildman–Crippen MR) is 140 cm³/mol. The van der Waals surface area contributed by atoms with Crippen molar-refractivity contribution in [3.05, 3.63) is 84.7 Å². The number of aryl methyl sites for hydroxylation is 1. The Morgan fingerprint density at radius 2 is 1.91 bits per heavy atom. The van der Waals surface area contributed by atoms with Crippen molar-refractivity contribution < 1.29 is 4.79 Å². The highest BCUT2D eigenvalue weighted by Gasteiger charge is 2.39. The average molecular weight is 538 g/mol. The van der Waals surface area contributed by atoms with E-state index in [-0.39, 0.29) is 5.78 Å². The molecule has 4 aromatic rings. The molecule has 3 heterocycles. The molecular formula is C25H21BrN4OS2. The molecule has 166 valence electrons. The van der Waals surface area contributed by atoms with Gasteiger partial charge in [-0.05, 0) is 43.2 Å². The highest BCUT2D eigenvalue weighted by molar-refractivity contribution is 9.10. The molecule has 1 N–H and O–H groups in total. The molecule has 1 atom stereocenters. The summed E-state index contributed by atoms with van der Waals surface area (Å²) in [5.74, 6) is -0.691. The molecule has 1 fully saturated rings. The number of allylic oxidation sites excluding steroid dienone is 1. The van der Waals surface area contributed by atoms with Gasteiger partial charge in [-0.1, -0.05) is 64.9 Å². The van der Waals surface area contributed by atoms with E-state index in [1.807, 2.05) is 25.1 Å². The van der Waals surface area contributed by atoms with Gasteiger partial charge in [-0.15, -0.1) is 21.5 Å². The largest absolute Gasteiger partial charge is 0.340 e. The maximum atomic E-state index is 13.3. The Kier molecular flexibility index (Phi) is 6.07. The summed E-state index contributed by atoms with van der Waals surface area (Å²) in [5.41, 5.74) is 4.46. The molecule has 0 bridgehead atoms. The van der Waals surface area contributed by atoms with Crippen LogP contribution < -0.4 is 0 Å². The van der Waals surface area contributed by atoms with Crippen LogP contribution in [0.3, 0.4) is 0 Å². The molecule has 0 amide bonds. The molecule has 1 aliphatic heterocycles. The molecule has 1 aliphatic rings. The van der Waals surface area contributed by atoms with Crippen LogP contribution >= 0.6 is 39.0 Å². The van der Waals surface area contributed by atoms with Crippen LogP contribution in [-0.2, 0) is 17.8 Å². The number of halogens is 1. The zero-order valence-electron chi connectivity index (χ0n) is 18.1. The Morgan fingerprint density at radius 1 is 1.15 bits per heavy atom. The van der Waals surface area contributed by atoms with E-state index in [0.29, 0.717) is 15.0 Å². The summed E-state index contributed by atoms with van der Waals surface area (Å²) in [6.07, 6.45) is 2.73. The zero-order valence-corrected chi connectivity index (χ0v) is 21.4. The lowest BCUT2D eigenvalue weighted by molar-refractivity contribution is -0.114. The number of ketones is 1. The molecule has 33 heavy (non-hydrogen) atoms. The van der Waals surface area contributed by atoms with Gasteiger partial charge in [0.1, 0.15) is 15.9 Å². The minimum absolute atomic E-state index is 0.0621. The molecule has 5 rings (SSSR count). The first-order valence-corrected chi connectivity index (χ1v) is 13.1. The van der Waals surface area contributed by atoms with Crippen molar-refractivity contribution in [2.24, 2.45) is 0 Å². The molecule has 2 aromatic carbocycles. The SMILES string of the molecule is CCc1nnc([C@H]2C(=N)S/C(=C\c3c(C)n(Cc4ccc(Br)cc4)c4ccccc34)C2=O)s1. The van der Waals surface area contributed by atoms with Crippen LogP contribution in [0.1, 0.15) is 39.7 Å². The second-order valence-electron chi connectivity index (χ2n) is 7.89. The number of rotatable bonds is 5. The lowest BCUT2D eigenvalue weighted by Gasteiger charge is -2.09. The number of benzene rings is 2. The predicted octanol–water partition coefficient (Wildman–Crippen LogP) is 6.59. The minimum Gasteiger partial charge on any atom is -0.340 e. The van der Waals surface area contributed by atoms with Gasteiger partial charge in [0.05, 0.1) is 9.95 Å². The average Bonchev–Trinajstić information content (AvgIpc) is 3.47. The Hall–Kier alpha value is -2.55. The van der Waals surface area contributed by atoms with Crippen LogP contribution in [0.4, 0.5) is 0 Å². The summed E-state index contributed by atoms with van der Waals surface area (Å²) < 4.78 is 3.34.